The minimum Gasteiger partial charge on any atom is -0.432 e. The Bertz CT molecular complexity index is 1780. The van der Waals surface area contributed by atoms with E-state index in [2.05, 4.69) is 25.3 Å². The van der Waals surface area contributed by atoms with Gasteiger partial charge in [-0.25, -0.2) is 14.4 Å². The smallest absolute Gasteiger partial charge is 0.387 e. The molecule has 4 aromatic rings. The predicted octanol–water partition coefficient (Wildman–Crippen LogP) is 2.14. The fraction of sp³-hybridized carbons (Fsp3) is 0.406. The minimum absolute atomic E-state index is 0.0325. The maximum absolute atomic E-state index is 14.9. The van der Waals surface area contributed by atoms with Crippen molar-refractivity contribution in [2.45, 2.75) is 50.7 Å². The number of nitrogens with one attached hydrogen (secondary N) is 2. The van der Waals surface area contributed by atoms with Crippen molar-refractivity contribution in [1.82, 2.24) is 19.7 Å². The Balaban J connectivity index is 1.15. The van der Waals surface area contributed by atoms with Crippen LogP contribution in [-0.2, 0) is 20.6 Å². The summed E-state index contributed by atoms with van der Waals surface area (Å²) < 4.78 is 75.9. The van der Waals surface area contributed by atoms with Crippen LogP contribution in [0.1, 0.15) is 22.8 Å². The quantitative estimate of drug-likeness (QED) is 0.0781. The number of aliphatic hydroxyl groups is 4. The Kier molecular flexibility index (Phi) is 12.2. The van der Waals surface area contributed by atoms with Gasteiger partial charge in [-0.05, 0) is 42.3 Å². The molecular weight excluding hydrogens is 674 g/mol. The van der Waals surface area contributed by atoms with Gasteiger partial charge < -0.3 is 50.0 Å². The summed E-state index contributed by atoms with van der Waals surface area (Å²) in [6.45, 7) is -1.68. The van der Waals surface area contributed by atoms with Gasteiger partial charge in [0, 0.05) is 35.8 Å². The van der Waals surface area contributed by atoms with E-state index in [-0.39, 0.29) is 55.0 Å². The number of imidazole rings is 1. The highest BCUT2D eigenvalue weighted by atomic mass is 19.3. The Labute approximate surface area is 282 Å². The molecule has 2 aromatic heterocycles. The summed E-state index contributed by atoms with van der Waals surface area (Å²) in [4.78, 5) is 21.5. The summed E-state index contributed by atoms with van der Waals surface area (Å²) in [6.07, 6.45) is -2.22. The first-order chi connectivity index (χ1) is 24.0. The number of aryl methyl sites for hydroxylation is 1. The first kappa shape index (κ1) is 36.8. The number of fused-ring (bicyclic) bond motifs is 1. The Morgan fingerprint density at radius 2 is 1.84 bits per heavy atom. The van der Waals surface area contributed by atoms with Crippen molar-refractivity contribution in [3.05, 3.63) is 71.7 Å². The van der Waals surface area contributed by atoms with Gasteiger partial charge in [0.15, 0.2) is 29.3 Å². The van der Waals surface area contributed by atoms with E-state index in [4.69, 9.17) is 14.2 Å². The molecule has 1 saturated heterocycles. The third-order valence-electron chi connectivity index (χ3n) is 7.85. The van der Waals surface area contributed by atoms with E-state index in [9.17, 15) is 42.8 Å². The Morgan fingerprint density at radius 1 is 1.04 bits per heavy atom. The highest BCUT2D eigenvalue weighted by Gasteiger charge is 2.44. The third kappa shape index (κ3) is 8.13. The monoisotopic (exact) mass is 709 g/mol. The molecule has 2 aromatic carbocycles. The highest BCUT2D eigenvalue weighted by molar-refractivity contribution is 5.96. The lowest BCUT2D eigenvalue weighted by molar-refractivity contribution is -0.302. The lowest BCUT2D eigenvalue weighted by Crippen LogP contribution is -2.59. The van der Waals surface area contributed by atoms with Crippen LogP contribution in [0.15, 0.2) is 48.9 Å². The molecule has 1 fully saturated rings. The summed E-state index contributed by atoms with van der Waals surface area (Å²) in [6, 6.07) is 7.06. The topological polar surface area (TPSA) is 189 Å². The molecule has 5 atom stereocenters. The molecule has 0 aliphatic carbocycles. The van der Waals surface area contributed by atoms with Crippen LogP contribution in [0.3, 0.4) is 0 Å². The second kappa shape index (κ2) is 16.5. The van der Waals surface area contributed by atoms with Crippen molar-refractivity contribution >= 4 is 23.1 Å². The van der Waals surface area contributed by atoms with Gasteiger partial charge in [0.05, 0.1) is 38.3 Å². The highest BCUT2D eigenvalue weighted by Crippen LogP contribution is 2.32. The van der Waals surface area contributed by atoms with E-state index in [1.165, 1.54) is 23.0 Å². The molecule has 1 aliphatic heterocycles. The normalized spacial score (nSPS) is 20.7. The molecule has 6 N–H and O–H groups in total. The molecule has 3 heterocycles. The molecule has 5 rings (SSSR count). The molecular formula is C32H35F4N5O9. The molecule has 0 radical (unpaired) electrons. The second-order valence-corrected chi connectivity index (χ2v) is 11.0. The summed E-state index contributed by atoms with van der Waals surface area (Å²) in [7, 11) is 0. The van der Waals surface area contributed by atoms with Gasteiger partial charge in [-0.15, -0.1) is 0 Å². The van der Waals surface area contributed by atoms with Crippen molar-refractivity contribution in [1.29, 1.82) is 0 Å². The van der Waals surface area contributed by atoms with Crippen molar-refractivity contribution < 1.29 is 61.7 Å². The maximum atomic E-state index is 14.9. The number of hydrogen-bond donors (Lipinski definition) is 6. The molecule has 14 nitrogen and oxygen atoms in total. The fourth-order valence-corrected chi connectivity index (χ4v) is 5.31. The Morgan fingerprint density at radius 3 is 2.58 bits per heavy atom. The second-order valence-electron chi connectivity index (χ2n) is 11.0. The van der Waals surface area contributed by atoms with Crippen LogP contribution < -0.4 is 15.4 Å². The molecule has 50 heavy (non-hydrogen) atoms. The van der Waals surface area contributed by atoms with Crippen LogP contribution in [0.25, 0.3) is 16.9 Å². The zero-order chi connectivity index (χ0) is 35.9. The number of alkyl halides is 2. The van der Waals surface area contributed by atoms with Crippen LogP contribution in [0.5, 0.6) is 5.75 Å². The number of halogens is 4. The summed E-state index contributed by atoms with van der Waals surface area (Å²) in [5.41, 5.74) is 1.86. The van der Waals surface area contributed by atoms with Gasteiger partial charge in [-0.3, -0.25) is 9.20 Å². The molecule has 1 aliphatic rings. The molecule has 1 amide bonds. The molecule has 270 valence electrons. The zero-order valence-electron chi connectivity index (χ0n) is 26.5. The van der Waals surface area contributed by atoms with Gasteiger partial charge in [-0.1, -0.05) is 6.92 Å². The number of aliphatic hydroxyl groups excluding tert-OH is 4. The standard InChI is InChI=1S/C32H35F4N5O9/c1-2-16-13-17(3-4-18(16)30(46)38-8-10-47-11-12-48-31-27(45)26(44)25(43)22(15-42)49-31)40-28-29-39-14-20(41(29)9-7-37-28)19-5-6-21(50-32(35)36)24(34)23(19)33/h3-7,9,13-14,22,25-27,31-32,42-45H,2,8,10-12,15H2,1H3,(H,37,40)(H,38,46)/t22-,25+,26+,27-,31+/m1/s1. The summed E-state index contributed by atoms with van der Waals surface area (Å²) >= 11 is 0. The number of amides is 1. The molecule has 0 saturated carbocycles. The largest absolute Gasteiger partial charge is 0.432 e. The van der Waals surface area contributed by atoms with Gasteiger partial charge in [0.2, 0.25) is 5.82 Å². The van der Waals surface area contributed by atoms with E-state index in [0.717, 1.165) is 12.1 Å². The average Bonchev–Trinajstić information content (AvgIpc) is 3.54. The predicted molar refractivity (Wildman–Crippen MR) is 167 cm³/mol. The number of carbonyl (C=O) groups is 1. The number of hydrogen-bond acceptors (Lipinski definition) is 12. The summed E-state index contributed by atoms with van der Waals surface area (Å²) in [5, 5.41) is 44.8. The number of benzene rings is 2. The van der Waals surface area contributed by atoms with Crippen molar-refractivity contribution in [3.63, 3.8) is 0 Å². The van der Waals surface area contributed by atoms with Gasteiger partial charge in [0.1, 0.15) is 24.4 Å². The van der Waals surface area contributed by atoms with Gasteiger partial charge in [0.25, 0.3) is 5.91 Å². The molecule has 0 unspecified atom stereocenters. The number of carbonyl (C=O) groups excluding carboxylic acids is 1. The SMILES string of the molecule is CCc1cc(Nc2nccn3c(-c4ccc(OC(F)F)c(F)c4F)cnc23)ccc1C(=O)NCCOCCO[C@H]1O[C@H](CO)[C@H](O)[C@H](O)[C@H]1O. The fourth-order valence-electron chi connectivity index (χ4n) is 5.31. The first-order valence-electron chi connectivity index (χ1n) is 15.5. The van der Waals surface area contributed by atoms with Crippen molar-refractivity contribution in [2.75, 3.05) is 38.3 Å². The lowest BCUT2D eigenvalue weighted by atomic mass is 9.99. The summed E-state index contributed by atoms with van der Waals surface area (Å²) in [5.74, 6) is -3.94. The molecule has 0 spiro atoms. The van der Waals surface area contributed by atoms with Crippen molar-refractivity contribution in [3.8, 4) is 17.0 Å². The average molecular weight is 710 g/mol. The van der Waals surface area contributed by atoms with Crippen LogP contribution in [0.2, 0.25) is 0 Å². The van der Waals surface area contributed by atoms with Crippen molar-refractivity contribution in [2.24, 2.45) is 0 Å². The number of rotatable bonds is 15. The Hall–Kier alpha value is -4.43. The van der Waals surface area contributed by atoms with E-state index >= 15 is 0 Å². The number of nitrogens with zero attached hydrogens (tertiary/aromatic N) is 3. The molecule has 18 heteroatoms. The van der Waals surface area contributed by atoms with Gasteiger partial charge in [-0.2, -0.15) is 13.2 Å². The minimum atomic E-state index is -3.32. The number of aromatic nitrogens is 3. The van der Waals surface area contributed by atoms with Crippen LogP contribution in [-0.4, -0.2) is 111 Å². The van der Waals surface area contributed by atoms with Crippen LogP contribution in [0.4, 0.5) is 29.1 Å². The van der Waals surface area contributed by atoms with E-state index < -0.39 is 61.3 Å². The third-order valence-corrected chi connectivity index (χ3v) is 7.85. The number of ether oxygens (including phenoxy) is 4. The molecule has 0 bridgehead atoms. The van der Waals surface area contributed by atoms with Crippen LogP contribution >= 0.6 is 0 Å². The van der Waals surface area contributed by atoms with E-state index in [0.29, 0.717) is 23.2 Å². The van der Waals surface area contributed by atoms with Gasteiger partial charge >= 0.3 is 6.61 Å². The number of anilines is 2. The van der Waals surface area contributed by atoms with E-state index in [1.54, 1.807) is 18.2 Å². The maximum Gasteiger partial charge on any atom is 0.387 e. The van der Waals surface area contributed by atoms with Crippen LogP contribution in [0, 0.1) is 11.6 Å². The lowest BCUT2D eigenvalue weighted by Gasteiger charge is -2.39. The first-order valence-corrected chi connectivity index (χ1v) is 15.5. The van der Waals surface area contributed by atoms with E-state index in [1.807, 2.05) is 6.92 Å². The zero-order valence-corrected chi connectivity index (χ0v) is 26.5.